The first-order valence-electron chi connectivity index (χ1n) is 6.37. The molecule has 0 saturated carbocycles. The van der Waals surface area contributed by atoms with Crippen LogP contribution in [0.25, 0.3) is 0 Å². The van der Waals surface area contributed by atoms with Crippen LogP contribution in [-0.4, -0.2) is 35.5 Å². The van der Waals surface area contributed by atoms with Gasteiger partial charge in [0.15, 0.2) is 0 Å². The van der Waals surface area contributed by atoms with Crippen LogP contribution in [0.3, 0.4) is 0 Å². The van der Waals surface area contributed by atoms with Gasteiger partial charge in [0.2, 0.25) is 5.91 Å². The maximum atomic E-state index is 12.1. The molecule has 0 atom stereocenters. The van der Waals surface area contributed by atoms with E-state index < -0.39 is 0 Å². The fraction of sp³-hybridized carbons (Fsp3) is 0.615. The first-order chi connectivity index (χ1) is 8.31. The summed E-state index contributed by atoms with van der Waals surface area (Å²) in [7, 11) is 1.92. The van der Waals surface area contributed by atoms with Gasteiger partial charge in [0.05, 0.1) is 0 Å². The Labute approximate surface area is 103 Å². The smallest absolute Gasteiger partial charge is 0.242 e. The Morgan fingerprint density at radius 3 is 2.82 bits per heavy atom. The number of amides is 1. The van der Waals surface area contributed by atoms with E-state index in [4.69, 9.17) is 0 Å². The summed E-state index contributed by atoms with van der Waals surface area (Å²) in [5.41, 5.74) is 1.16. The molecule has 17 heavy (non-hydrogen) atoms. The predicted octanol–water partition coefficient (Wildman–Crippen LogP) is 1.22. The molecule has 1 aliphatic heterocycles. The van der Waals surface area contributed by atoms with Crippen molar-refractivity contribution in [3.8, 4) is 0 Å². The minimum Gasteiger partial charge on any atom is -0.341 e. The van der Waals surface area contributed by atoms with Crippen molar-refractivity contribution < 1.29 is 4.79 Å². The predicted molar refractivity (Wildman–Crippen MR) is 67.6 cm³/mol. The van der Waals surface area contributed by atoms with E-state index in [1.165, 1.54) is 6.42 Å². The highest BCUT2D eigenvalue weighted by Gasteiger charge is 2.17. The summed E-state index contributed by atoms with van der Waals surface area (Å²) in [5.74, 6) is 0.248. The van der Waals surface area contributed by atoms with Gasteiger partial charge in [-0.15, -0.1) is 0 Å². The molecule has 94 valence electrons. The minimum atomic E-state index is 0.248. The Hall–Kier alpha value is -1.29. The lowest BCUT2D eigenvalue weighted by Gasteiger charge is -2.27. The van der Waals surface area contributed by atoms with Crippen LogP contribution in [0.2, 0.25) is 0 Å². The third kappa shape index (κ3) is 3.09. The molecule has 1 aliphatic rings. The summed E-state index contributed by atoms with van der Waals surface area (Å²) in [4.78, 5) is 14.1. The normalized spacial score (nSPS) is 16.2. The molecule has 0 unspecified atom stereocenters. The van der Waals surface area contributed by atoms with Crippen LogP contribution in [0, 0.1) is 0 Å². The summed E-state index contributed by atoms with van der Waals surface area (Å²) >= 11 is 0. The zero-order valence-electron chi connectivity index (χ0n) is 10.5. The summed E-state index contributed by atoms with van der Waals surface area (Å²) in [6.45, 7) is 3.15. The highest BCUT2D eigenvalue weighted by molar-refractivity contribution is 5.76. The quantitative estimate of drug-likeness (QED) is 0.852. The lowest BCUT2D eigenvalue weighted by molar-refractivity contribution is -0.132. The molecule has 1 aromatic rings. The van der Waals surface area contributed by atoms with Crippen LogP contribution < -0.4 is 5.32 Å². The molecule has 2 rings (SSSR count). The first-order valence-corrected chi connectivity index (χ1v) is 6.37. The number of likely N-dealkylation sites (tertiary alicyclic amines) is 1. The number of rotatable bonds is 4. The van der Waals surface area contributed by atoms with Gasteiger partial charge in [-0.2, -0.15) is 0 Å². The van der Waals surface area contributed by atoms with E-state index in [2.05, 4.69) is 11.4 Å². The van der Waals surface area contributed by atoms with Gasteiger partial charge in [-0.25, -0.2) is 0 Å². The van der Waals surface area contributed by atoms with Crippen LogP contribution in [0.5, 0.6) is 0 Å². The van der Waals surface area contributed by atoms with Crippen LogP contribution in [0.15, 0.2) is 18.3 Å². The SMILES string of the molecule is CNCc1cccn1CC(=O)N1CCCCC1. The molecule has 0 spiro atoms. The van der Waals surface area contributed by atoms with Gasteiger partial charge in [0.25, 0.3) is 0 Å². The molecule has 2 heterocycles. The summed E-state index contributed by atoms with van der Waals surface area (Å²) in [5, 5.41) is 3.12. The fourth-order valence-corrected chi connectivity index (χ4v) is 2.33. The standard InChI is InChI=1S/C13H21N3O/c1-14-10-12-6-5-9-16(12)11-13(17)15-7-3-2-4-8-15/h5-6,9,14H,2-4,7-8,10-11H2,1H3. The van der Waals surface area contributed by atoms with Crippen molar-refractivity contribution >= 4 is 5.91 Å². The molecule has 0 radical (unpaired) electrons. The van der Waals surface area contributed by atoms with E-state index in [0.29, 0.717) is 6.54 Å². The second-order valence-electron chi connectivity index (χ2n) is 4.60. The van der Waals surface area contributed by atoms with Crippen molar-refractivity contribution in [1.29, 1.82) is 0 Å². The molecule has 0 aliphatic carbocycles. The van der Waals surface area contributed by atoms with Gasteiger partial charge >= 0.3 is 0 Å². The van der Waals surface area contributed by atoms with E-state index >= 15 is 0 Å². The second-order valence-corrected chi connectivity index (χ2v) is 4.60. The van der Waals surface area contributed by atoms with E-state index in [0.717, 1.165) is 38.2 Å². The topological polar surface area (TPSA) is 37.3 Å². The van der Waals surface area contributed by atoms with E-state index in [1.807, 2.05) is 28.8 Å². The molecule has 1 amide bonds. The third-order valence-electron chi connectivity index (χ3n) is 3.30. The van der Waals surface area contributed by atoms with Crippen molar-refractivity contribution in [2.45, 2.75) is 32.4 Å². The first kappa shape index (κ1) is 12.2. The molecule has 1 saturated heterocycles. The number of carbonyl (C=O) groups excluding carboxylic acids is 1. The highest BCUT2D eigenvalue weighted by Crippen LogP contribution is 2.10. The minimum absolute atomic E-state index is 0.248. The summed E-state index contributed by atoms with van der Waals surface area (Å²) in [6.07, 6.45) is 5.55. The number of hydrogen-bond acceptors (Lipinski definition) is 2. The van der Waals surface area contributed by atoms with E-state index in [-0.39, 0.29) is 5.91 Å². The van der Waals surface area contributed by atoms with Crippen molar-refractivity contribution in [2.75, 3.05) is 20.1 Å². The number of carbonyl (C=O) groups is 1. The monoisotopic (exact) mass is 235 g/mol. The largest absolute Gasteiger partial charge is 0.341 e. The Morgan fingerprint density at radius 2 is 2.12 bits per heavy atom. The van der Waals surface area contributed by atoms with E-state index in [9.17, 15) is 4.79 Å². The highest BCUT2D eigenvalue weighted by atomic mass is 16.2. The van der Waals surface area contributed by atoms with Gasteiger partial charge in [0.1, 0.15) is 6.54 Å². The van der Waals surface area contributed by atoms with Gasteiger partial charge in [-0.3, -0.25) is 4.79 Å². The molecular weight excluding hydrogens is 214 g/mol. The van der Waals surface area contributed by atoms with Crippen LogP contribution in [0.4, 0.5) is 0 Å². The van der Waals surface area contributed by atoms with Crippen LogP contribution >= 0.6 is 0 Å². The number of nitrogens with one attached hydrogen (secondary N) is 1. The molecule has 0 aromatic carbocycles. The second kappa shape index (κ2) is 5.87. The maximum Gasteiger partial charge on any atom is 0.242 e. The lowest BCUT2D eigenvalue weighted by atomic mass is 10.1. The Kier molecular flexibility index (Phi) is 4.20. The maximum absolute atomic E-state index is 12.1. The fourth-order valence-electron chi connectivity index (χ4n) is 2.33. The van der Waals surface area contributed by atoms with Gasteiger partial charge < -0.3 is 14.8 Å². The van der Waals surface area contributed by atoms with Crippen molar-refractivity contribution in [3.63, 3.8) is 0 Å². The van der Waals surface area contributed by atoms with Crippen molar-refractivity contribution in [3.05, 3.63) is 24.0 Å². The Morgan fingerprint density at radius 1 is 1.35 bits per heavy atom. The van der Waals surface area contributed by atoms with Crippen LogP contribution in [0.1, 0.15) is 25.0 Å². The molecule has 4 heteroatoms. The summed E-state index contributed by atoms with van der Waals surface area (Å²) in [6, 6.07) is 4.05. The zero-order valence-corrected chi connectivity index (χ0v) is 10.5. The summed E-state index contributed by atoms with van der Waals surface area (Å²) < 4.78 is 2.04. The van der Waals surface area contributed by atoms with Crippen molar-refractivity contribution in [1.82, 2.24) is 14.8 Å². The van der Waals surface area contributed by atoms with Gasteiger partial charge in [-0.1, -0.05) is 0 Å². The molecular formula is C13H21N3O. The number of hydrogen-bond donors (Lipinski definition) is 1. The van der Waals surface area contributed by atoms with Crippen molar-refractivity contribution in [2.24, 2.45) is 0 Å². The molecule has 1 N–H and O–H groups in total. The average molecular weight is 235 g/mol. The number of nitrogens with zero attached hydrogens (tertiary/aromatic N) is 2. The molecule has 4 nitrogen and oxygen atoms in total. The number of aromatic nitrogens is 1. The zero-order chi connectivity index (χ0) is 12.1. The number of piperidine rings is 1. The van der Waals surface area contributed by atoms with Crippen LogP contribution in [-0.2, 0) is 17.9 Å². The molecule has 1 fully saturated rings. The average Bonchev–Trinajstić information content (AvgIpc) is 2.78. The lowest BCUT2D eigenvalue weighted by Crippen LogP contribution is -2.38. The van der Waals surface area contributed by atoms with Gasteiger partial charge in [-0.05, 0) is 38.4 Å². The Bertz CT molecular complexity index is 366. The molecule has 1 aromatic heterocycles. The van der Waals surface area contributed by atoms with Gasteiger partial charge in [0, 0.05) is 31.5 Å². The van der Waals surface area contributed by atoms with E-state index in [1.54, 1.807) is 0 Å². The third-order valence-corrected chi connectivity index (χ3v) is 3.30. The molecule has 0 bridgehead atoms. The Balaban J connectivity index is 1.94.